The Balaban J connectivity index is 1.36. The first-order valence-electron chi connectivity index (χ1n) is 10.4. The van der Waals surface area contributed by atoms with Crippen LogP contribution in [0.3, 0.4) is 0 Å². The monoisotopic (exact) mass is 415 g/mol. The number of rotatable bonds is 6. The van der Waals surface area contributed by atoms with E-state index in [4.69, 9.17) is 0 Å². The van der Waals surface area contributed by atoms with E-state index in [0.717, 1.165) is 24.2 Å². The Morgan fingerprint density at radius 2 is 1.97 bits per heavy atom. The van der Waals surface area contributed by atoms with Gasteiger partial charge in [0.05, 0.1) is 6.04 Å². The summed E-state index contributed by atoms with van der Waals surface area (Å²) in [6, 6.07) is 20.6. The van der Waals surface area contributed by atoms with E-state index in [1.54, 1.807) is 11.3 Å². The van der Waals surface area contributed by atoms with Gasteiger partial charge in [0.2, 0.25) is 5.91 Å². The first kappa shape index (κ1) is 19.1. The predicted molar refractivity (Wildman–Crippen MR) is 124 cm³/mol. The number of fused-ring (bicyclic) bond motifs is 2. The maximum Gasteiger partial charge on any atom is 0.243 e. The van der Waals surface area contributed by atoms with Crippen LogP contribution >= 0.6 is 11.3 Å². The zero-order valence-electron chi connectivity index (χ0n) is 17.0. The number of aromatic amines is 1. The minimum atomic E-state index is -0.246. The third kappa shape index (κ3) is 3.44. The maximum atomic E-state index is 13.2. The molecule has 2 N–H and O–H groups in total. The molecule has 1 aliphatic rings. The molecule has 5 rings (SSSR count). The summed E-state index contributed by atoms with van der Waals surface area (Å²) in [7, 11) is 0. The van der Waals surface area contributed by atoms with Crippen LogP contribution in [0.5, 0.6) is 0 Å². The average molecular weight is 416 g/mol. The van der Waals surface area contributed by atoms with Gasteiger partial charge in [-0.2, -0.15) is 0 Å². The van der Waals surface area contributed by atoms with Crippen LogP contribution in [0.25, 0.3) is 10.9 Å². The van der Waals surface area contributed by atoms with E-state index in [0.29, 0.717) is 6.54 Å². The normalized spacial score (nSPS) is 15.3. The van der Waals surface area contributed by atoms with Crippen LogP contribution in [0.2, 0.25) is 0 Å². The maximum absolute atomic E-state index is 13.2. The average Bonchev–Trinajstić information content (AvgIpc) is 3.53. The van der Waals surface area contributed by atoms with Gasteiger partial charge in [0.15, 0.2) is 0 Å². The molecular formula is C25H25N3OS. The summed E-state index contributed by atoms with van der Waals surface area (Å²) < 4.78 is 0. The number of amides is 1. The van der Waals surface area contributed by atoms with Gasteiger partial charge in [0.1, 0.15) is 0 Å². The fraction of sp³-hybridized carbons (Fsp3) is 0.240. The Morgan fingerprint density at radius 1 is 1.13 bits per heavy atom. The lowest BCUT2D eigenvalue weighted by atomic mass is 9.96. The number of nitrogens with one attached hydrogen (secondary N) is 2. The molecule has 0 aliphatic carbocycles. The van der Waals surface area contributed by atoms with Crippen LogP contribution in [-0.4, -0.2) is 30.0 Å². The smallest absolute Gasteiger partial charge is 0.243 e. The molecule has 4 nitrogen and oxygen atoms in total. The van der Waals surface area contributed by atoms with Crippen LogP contribution in [0.15, 0.2) is 72.2 Å². The van der Waals surface area contributed by atoms with Gasteiger partial charge in [-0.05, 0) is 48.1 Å². The van der Waals surface area contributed by atoms with Crippen molar-refractivity contribution < 1.29 is 4.79 Å². The van der Waals surface area contributed by atoms with Crippen molar-refractivity contribution >= 4 is 33.8 Å². The molecule has 0 bridgehead atoms. The molecule has 0 spiro atoms. The first-order valence-corrected chi connectivity index (χ1v) is 11.3. The van der Waals surface area contributed by atoms with Crippen molar-refractivity contribution in [2.24, 2.45) is 0 Å². The lowest BCUT2D eigenvalue weighted by Gasteiger charge is -2.24. The van der Waals surface area contributed by atoms with Gasteiger partial charge in [-0.15, -0.1) is 11.3 Å². The second kappa shape index (κ2) is 8.09. The van der Waals surface area contributed by atoms with Crippen LogP contribution in [0, 0.1) is 0 Å². The van der Waals surface area contributed by atoms with Crippen molar-refractivity contribution in [3.8, 4) is 0 Å². The topological polar surface area (TPSA) is 48.1 Å². The molecule has 5 heteroatoms. The number of nitrogens with zero attached hydrogens (tertiary/aromatic N) is 1. The van der Waals surface area contributed by atoms with E-state index in [9.17, 15) is 4.79 Å². The number of thiophene rings is 1. The summed E-state index contributed by atoms with van der Waals surface area (Å²) in [5.74, 6) is 0.339. The molecule has 0 unspecified atom stereocenters. The molecular weight excluding hydrogens is 390 g/mol. The van der Waals surface area contributed by atoms with E-state index < -0.39 is 0 Å². The van der Waals surface area contributed by atoms with Gasteiger partial charge in [-0.1, -0.05) is 42.5 Å². The molecule has 2 aromatic heterocycles. The third-order valence-corrected chi connectivity index (χ3v) is 7.02. The molecule has 0 radical (unpaired) electrons. The summed E-state index contributed by atoms with van der Waals surface area (Å²) in [6.45, 7) is 3.45. The zero-order valence-corrected chi connectivity index (χ0v) is 17.8. The Hall–Kier alpha value is -2.89. The van der Waals surface area contributed by atoms with Crippen LogP contribution in [0.4, 0.5) is 5.69 Å². The lowest BCUT2D eigenvalue weighted by molar-refractivity contribution is -0.120. The van der Waals surface area contributed by atoms with Gasteiger partial charge < -0.3 is 15.2 Å². The molecule has 0 fully saturated rings. The largest absolute Gasteiger partial charge is 0.361 e. The molecule has 1 amide bonds. The van der Waals surface area contributed by atoms with E-state index in [1.807, 2.05) is 30.0 Å². The molecule has 0 saturated carbocycles. The van der Waals surface area contributed by atoms with Crippen molar-refractivity contribution in [2.45, 2.75) is 25.3 Å². The van der Waals surface area contributed by atoms with E-state index in [2.05, 4.69) is 64.3 Å². The van der Waals surface area contributed by atoms with Crippen molar-refractivity contribution in [2.75, 3.05) is 18.0 Å². The molecule has 2 aromatic carbocycles. The number of hydrogen-bond donors (Lipinski definition) is 2. The Bertz CT molecular complexity index is 1160. The highest BCUT2D eigenvalue weighted by molar-refractivity contribution is 7.10. The SMILES string of the molecule is C[C@H](NC[C@@H](c1cccs1)c1c[nH]c2ccccc12)C(=O)N1CCc2ccccc21. The van der Waals surface area contributed by atoms with Gasteiger partial charge in [-0.3, -0.25) is 4.79 Å². The highest BCUT2D eigenvalue weighted by Crippen LogP contribution is 2.33. The molecule has 1 aliphatic heterocycles. The number of hydrogen-bond acceptors (Lipinski definition) is 3. The predicted octanol–water partition coefficient (Wildman–Crippen LogP) is 4.93. The number of para-hydroxylation sites is 2. The van der Waals surface area contributed by atoms with Gasteiger partial charge in [-0.25, -0.2) is 0 Å². The number of carbonyl (C=O) groups excluding carboxylic acids is 1. The Morgan fingerprint density at radius 3 is 2.83 bits per heavy atom. The van der Waals surface area contributed by atoms with Crippen LogP contribution < -0.4 is 10.2 Å². The number of carbonyl (C=O) groups is 1. The van der Waals surface area contributed by atoms with Crippen molar-refractivity contribution in [3.05, 3.63) is 88.2 Å². The minimum absolute atomic E-state index is 0.142. The molecule has 152 valence electrons. The molecule has 4 aromatic rings. The second-order valence-electron chi connectivity index (χ2n) is 7.86. The standard InChI is InChI=1S/C25H25N3OS/c1-17(25(29)28-13-12-18-7-2-5-10-23(18)28)26-16-21(24-11-6-14-30-24)20-15-27-22-9-4-3-8-19(20)22/h2-11,14-15,17,21,26-27H,12-13,16H2,1H3/t17-,21+/m0/s1. The number of aromatic nitrogens is 1. The van der Waals surface area contributed by atoms with Crippen molar-refractivity contribution in [1.29, 1.82) is 0 Å². The first-order chi connectivity index (χ1) is 14.7. The molecule has 2 atom stereocenters. The summed E-state index contributed by atoms with van der Waals surface area (Å²) in [5, 5.41) is 6.89. The highest BCUT2D eigenvalue weighted by atomic mass is 32.1. The van der Waals surface area contributed by atoms with Gasteiger partial charge in [0.25, 0.3) is 0 Å². The lowest BCUT2D eigenvalue weighted by Crippen LogP contribution is -2.45. The summed E-state index contributed by atoms with van der Waals surface area (Å²) in [5.41, 5.74) is 4.73. The van der Waals surface area contributed by atoms with E-state index in [1.165, 1.54) is 21.4 Å². The zero-order chi connectivity index (χ0) is 20.5. The second-order valence-corrected chi connectivity index (χ2v) is 8.84. The number of anilines is 1. The molecule has 0 saturated heterocycles. The van der Waals surface area contributed by atoms with Crippen molar-refractivity contribution in [1.82, 2.24) is 10.3 Å². The summed E-state index contributed by atoms with van der Waals surface area (Å²) in [4.78, 5) is 19.8. The minimum Gasteiger partial charge on any atom is -0.361 e. The van der Waals surface area contributed by atoms with Gasteiger partial charge in [0, 0.05) is 46.7 Å². The van der Waals surface area contributed by atoms with E-state index >= 15 is 0 Å². The molecule has 30 heavy (non-hydrogen) atoms. The quantitative estimate of drug-likeness (QED) is 0.469. The number of H-pyrrole nitrogens is 1. The fourth-order valence-corrected chi connectivity index (χ4v) is 5.26. The Kier molecular flexibility index (Phi) is 5.15. The van der Waals surface area contributed by atoms with Gasteiger partial charge >= 0.3 is 0 Å². The van der Waals surface area contributed by atoms with Crippen LogP contribution in [-0.2, 0) is 11.2 Å². The third-order valence-electron chi connectivity index (χ3n) is 6.04. The van der Waals surface area contributed by atoms with E-state index in [-0.39, 0.29) is 17.9 Å². The highest BCUT2D eigenvalue weighted by Gasteiger charge is 2.28. The summed E-state index contributed by atoms with van der Waals surface area (Å²) in [6.07, 6.45) is 3.04. The Labute approximate surface area is 180 Å². The van der Waals surface area contributed by atoms with Crippen molar-refractivity contribution in [3.63, 3.8) is 0 Å². The fourth-order valence-electron chi connectivity index (χ4n) is 4.42. The summed E-state index contributed by atoms with van der Waals surface area (Å²) >= 11 is 1.76. The number of benzene rings is 2. The van der Waals surface area contributed by atoms with Crippen LogP contribution in [0.1, 0.15) is 28.8 Å². The molecule has 3 heterocycles.